The highest BCUT2D eigenvalue weighted by molar-refractivity contribution is 7.18. The molecule has 1 aliphatic rings. The van der Waals surface area contributed by atoms with Crippen LogP contribution in [0.5, 0.6) is 0 Å². The van der Waals surface area contributed by atoms with Crippen molar-refractivity contribution < 1.29 is 9.53 Å². The van der Waals surface area contributed by atoms with Gasteiger partial charge in [0, 0.05) is 5.56 Å². The normalized spacial score (nSPS) is 20.3. The Morgan fingerprint density at radius 3 is 2.83 bits per heavy atom. The van der Waals surface area contributed by atoms with Crippen molar-refractivity contribution >= 4 is 22.5 Å². The maximum absolute atomic E-state index is 12.5. The van der Waals surface area contributed by atoms with Gasteiger partial charge in [-0.25, -0.2) is 4.79 Å². The maximum atomic E-state index is 12.5. The summed E-state index contributed by atoms with van der Waals surface area (Å²) < 4.78 is 5.72. The molecule has 1 aromatic carbocycles. The first-order valence-electron chi connectivity index (χ1n) is 7.55. The van der Waals surface area contributed by atoms with E-state index in [1.807, 2.05) is 51.1 Å². The predicted molar refractivity (Wildman–Crippen MR) is 90.6 cm³/mol. The van der Waals surface area contributed by atoms with E-state index in [1.54, 1.807) is 4.90 Å². The molecule has 2 heterocycles. The van der Waals surface area contributed by atoms with Gasteiger partial charge in [-0.05, 0) is 20.8 Å². The van der Waals surface area contributed by atoms with Gasteiger partial charge in [-0.15, -0.1) is 10.2 Å². The van der Waals surface area contributed by atoms with Crippen LogP contribution in [0.1, 0.15) is 20.8 Å². The Morgan fingerprint density at radius 2 is 2.09 bits per heavy atom. The molecule has 1 saturated heterocycles. The number of carbonyl (C=O) groups is 1. The molecule has 6 nitrogen and oxygen atoms in total. The Balaban J connectivity index is 1.70. The molecule has 3 rings (SSSR count). The standard InChI is InChI=1S/C16H20N4O2S/c1-11-9-22-16(2,3)10-20(11)15(21)17-14-19-18-13(23-14)12-7-5-4-6-8-12/h4-8,11H,9-10H2,1-3H3,(H,17,19,21)/t11-/m0/s1. The number of nitrogens with zero attached hydrogens (tertiary/aromatic N) is 3. The summed E-state index contributed by atoms with van der Waals surface area (Å²) in [6.45, 7) is 7.02. The van der Waals surface area contributed by atoms with E-state index in [2.05, 4.69) is 15.5 Å². The van der Waals surface area contributed by atoms with Gasteiger partial charge in [0.05, 0.1) is 24.8 Å². The summed E-state index contributed by atoms with van der Waals surface area (Å²) in [7, 11) is 0. The fourth-order valence-corrected chi connectivity index (χ4v) is 3.19. The topological polar surface area (TPSA) is 67.3 Å². The van der Waals surface area contributed by atoms with Crippen LogP contribution in [0.4, 0.5) is 9.93 Å². The quantitative estimate of drug-likeness (QED) is 0.917. The van der Waals surface area contributed by atoms with Gasteiger partial charge in [-0.2, -0.15) is 0 Å². The number of rotatable bonds is 2. The molecule has 7 heteroatoms. The Morgan fingerprint density at radius 1 is 1.35 bits per heavy atom. The van der Waals surface area contributed by atoms with E-state index in [0.717, 1.165) is 10.6 Å². The van der Waals surface area contributed by atoms with E-state index < -0.39 is 0 Å². The first kappa shape index (κ1) is 15.9. The largest absolute Gasteiger partial charge is 0.372 e. The van der Waals surface area contributed by atoms with Gasteiger partial charge in [-0.3, -0.25) is 5.32 Å². The van der Waals surface area contributed by atoms with E-state index in [9.17, 15) is 4.79 Å². The van der Waals surface area contributed by atoms with E-state index in [4.69, 9.17) is 4.74 Å². The maximum Gasteiger partial charge on any atom is 0.324 e. The fraction of sp³-hybridized carbons (Fsp3) is 0.438. The summed E-state index contributed by atoms with van der Waals surface area (Å²) in [5, 5.41) is 12.3. The van der Waals surface area contributed by atoms with Crippen molar-refractivity contribution in [3.8, 4) is 10.6 Å². The molecule has 0 spiro atoms. The number of carbonyl (C=O) groups excluding carboxylic acids is 1. The lowest BCUT2D eigenvalue weighted by molar-refractivity contribution is -0.0938. The van der Waals surface area contributed by atoms with Crippen LogP contribution in [-0.2, 0) is 4.74 Å². The van der Waals surface area contributed by atoms with Crippen molar-refractivity contribution in [2.75, 3.05) is 18.5 Å². The van der Waals surface area contributed by atoms with Crippen molar-refractivity contribution in [2.24, 2.45) is 0 Å². The summed E-state index contributed by atoms with van der Waals surface area (Å²) in [6, 6.07) is 9.67. The summed E-state index contributed by atoms with van der Waals surface area (Å²) in [6.07, 6.45) is 0. The number of anilines is 1. The number of urea groups is 1. The van der Waals surface area contributed by atoms with Crippen LogP contribution in [0.2, 0.25) is 0 Å². The number of aromatic nitrogens is 2. The van der Waals surface area contributed by atoms with Crippen LogP contribution in [0, 0.1) is 0 Å². The number of morpholine rings is 1. The van der Waals surface area contributed by atoms with Crippen LogP contribution < -0.4 is 5.32 Å². The minimum Gasteiger partial charge on any atom is -0.372 e. The third-order valence-corrected chi connectivity index (χ3v) is 4.61. The molecule has 1 aliphatic heterocycles. The van der Waals surface area contributed by atoms with Crippen molar-refractivity contribution in [2.45, 2.75) is 32.4 Å². The molecule has 23 heavy (non-hydrogen) atoms. The van der Waals surface area contributed by atoms with Gasteiger partial charge in [0.1, 0.15) is 5.01 Å². The second-order valence-corrected chi connectivity index (χ2v) is 7.23. The first-order chi connectivity index (χ1) is 10.9. The average Bonchev–Trinajstić information content (AvgIpc) is 2.99. The summed E-state index contributed by atoms with van der Waals surface area (Å²) >= 11 is 1.37. The molecule has 2 aromatic rings. The molecule has 0 unspecified atom stereocenters. The number of ether oxygens (including phenoxy) is 1. The highest BCUT2D eigenvalue weighted by Crippen LogP contribution is 2.27. The molecule has 0 aliphatic carbocycles. The zero-order chi connectivity index (χ0) is 16.4. The van der Waals surface area contributed by atoms with Crippen LogP contribution in [0.25, 0.3) is 10.6 Å². The van der Waals surface area contributed by atoms with Crippen LogP contribution in [-0.4, -0.2) is 45.9 Å². The lowest BCUT2D eigenvalue weighted by Crippen LogP contribution is -2.56. The van der Waals surface area contributed by atoms with Gasteiger partial charge < -0.3 is 9.64 Å². The molecule has 0 radical (unpaired) electrons. The van der Waals surface area contributed by atoms with E-state index >= 15 is 0 Å². The van der Waals surface area contributed by atoms with Gasteiger partial charge in [-0.1, -0.05) is 41.7 Å². The zero-order valence-electron chi connectivity index (χ0n) is 13.4. The second kappa shape index (κ2) is 6.25. The molecular weight excluding hydrogens is 312 g/mol. The Labute approximate surface area is 139 Å². The van der Waals surface area contributed by atoms with Crippen molar-refractivity contribution in [1.82, 2.24) is 15.1 Å². The number of hydrogen-bond donors (Lipinski definition) is 1. The fourth-order valence-electron chi connectivity index (χ4n) is 2.45. The first-order valence-corrected chi connectivity index (χ1v) is 8.37. The second-order valence-electron chi connectivity index (χ2n) is 6.26. The number of hydrogen-bond acceptors (Lipinski definition) is 5. The van der Waals surface area contributed by atoms with Gasteiger partial charge in [0.2, 0.25) is 5.13 Å². The predicted octanol–water partition coefficient (Wildman–Crippen LogP) is 3.24. The number of benzene rings is 1. The van der Waals surface area contributed by atoms with E-state index in [1.165, 1.54) is 11.3 Å². The Kier molecular flexibility index (Phi) is 4.32. The lowest BCUT2D eigenvalue weighted by atomic mass is 10.1. The van der Waals surface area contributed by atoms with Gasteiger partial charge in [0.25, 0.3) is 0 Å². The molecule has 0 bridgehead atoms. The molecule has 1 aromatic heterocycles. The molecule has 1 N–H and O–H groups in total. The number of amides is 2. The minimum atomic E-state index is -0.333. The smallest absolute Gasteiger partial charge is 0.324 e. The van der Waals surface area contributed by atoms with Crippen molar-refractivity contribution in [3.63, 3.8) is 0 Å². The summed E-state index contributed by atoms with van der Waals surface area (Å²) in [4.78, 5) is 14.3. The monoisotopic (exact) mass is 332 g/mol. The third kappa shape index (κ3) is 3.68. The molecule has 1 fully saturated rings. The van der Waals surface area contributed by atoms with Gasteiger partial charge >= 0.3 is 6.03 Å². The minimum absolute atomic E-state index is 0.0320. The van der Waals surface area contributed by atoms with E-state index in [-0.39, 0.29) is 17.7 Å². The summed E-state index contributed by atoms with van der Waals surface area (Å²) in [5.41, 5.74) is 0.659. The number of nitrogens with one attached hydrogen (secondary N) is 1. The van der Waals surface area contributed by atoms with Crippen LogP contribution in [0.3, 0.4) is 0 Å². The Hall–Kier alpha value is -1.99. The SMILES string of the molecule is C[C@H]1COC(C)(C)CN1C(=O)Nc1nnc(-c2ccccc2)s1. The molecule has 2 amide bonds. The van der Waals surface area contributed by atoms with Crippen molar-refractivity contribution in [3.05, 3.63) is 30.3 Å². The van der Waals surface area contributed by atoms with Crippen LogP contribution in [0.15, 0.2) is 30.3 Å². The Bertz CT molecular complexity index is 686. The molecular formula is C16H20N4O2S. The highest BCUT2D eigenvalue weighted by Gasteiger charge is 2.34. The lowest BCUT2D eigenvalue weighted by Gasteiger charge is -2.42. The average molecular weight is 332 g/mol. The van der Waals surface area contributed by atoms with E-state index in [0.29, 0.717) is 18.3 Å². The van der Waals surface area contributed by atoms with Gasteiger partial charge in [0.15, 0.2) is 0 Å². The third-order valence-electron chi connectivity index (χ3n) is 3.72. The zero-order valence-corrected chi connectivity index (χ0v) is 14.3. The molecule has 122 valence electrons. The summed E-state index contributed by atoms with van der Waals surface area (Å²) in [5.74, 6) is 0. The molecule has 0 saturated carbocycles. The van der Waals surface area contributed by atoms with Crippen molar-refractivity contribution in [1.29, 1.82) is 0 Å². The highest BCUT2D eigenvalue weighted by atomic mass is 32.1. The molecule has 1 atom stereocenters. The van der Waals surface area contributed by atoms with Crippen LogP contribution >= 0.6 is 11.3 Å².